The molecule has 0 N–H and O–H groups in total. The topological polar surface area (TPSA) is 0 Å². The quantitative estimate of drug-likeness (QED) is 0.692. The van der Waals surface area contributed by atoms with E-state index in [0.717, 1.165) is 6.42 Å². The summed E-state index contributed by atoms with van der Waals surface area (Å²) in [6.07, 6.45) is 1.09. The molecule has 1 aromatic carbocycles. The van der Waals surface area contributed by atoms with Gasteiger partial charge in [-0.2, -0.15) is 5.92 Å². The van der Waals surface area contributed by atoms with E-state index in [1.54, 1.807) is 0 Å². The first-order valence-electron chi connectivity index (χ1n) is 4.07. The van der Waals surface area contributed by atoms with Crippen LogP contribution in [0.2, 0.25) is 0 Å². The molecule has 0 bridgehead atoms. The minimum Gasteiger partial charge on any atom is -0.340 e. The minimum atomic E-state index is 0. The number of rotatable bonds is 2. The van der Waals surface area contributed by atoms with E-state index >= 15 is 0 Å². The fourth-order valence-corrected chi connectivity index (χ4v) is 1.21. The van der Waals surface area contributed by atoms with E-state index in [0.29, 0.717) is 5.92 Å². The van der Waals surface area contributed by atoms with Gasteiger partial charge in [-0.25, -0.2) is 0 Å². The van der Waals surface area contributed by atoms with Gasteiger partial charge in [-0.05, 0) is 18.1 Å². The Morgan fingerprint density at radius 2 is 1.92 bits per heavy atom. The van der Waals surface area contributed by atoms with E-state index in [9.17, 15) is 0 Å². The first-order chi connectivity index (χ1) is 5.20. The molecule has 63 valence electrons. The van der Waals surface area contributed by atoms with Crippen LogP contribution >= 0.6 is 0 Å². The normalized spacial score (nSPS) is 11.9. The van der Waals surface area contributed by atoms with Crippen LogP contribution in [-0.2, 0) is 39.1 Å². The minimum absolute atomic E-state index is 0. The van der Waals surface area contributed by atoms with Gasteiger partial charge in [0.05, 0.1) is 0 Å². The average molecular weight is 236 g/mol. The number of aryl methyl sites for hydroxylation is 1. The van der Waals surface area contributed by atoms with Gasteiger partial charge in [0.25, 0.3) is 0 Å². The molecule has 1 radical (unpaired) electrons. The van der Waals surface area contributed by atoms with Gasteiger partial charge in [0.2, 0.25) is 0 Å². The summed E-state index contributed by atoms with van der Waals surface area (Å²) in [6, 6.07) is 8.49. The molecule has 1 heteroatoms. The zero-order valence-electron chi connectivity index (χ0n) is 7.88. The standard InChI is InChI=1S/C11H15.Y/c1-9(2)8-11-7-5-4-6-10(11)3;/h4-7,9H,1,8H2,2-3H3;/q-1;. The predicted octanol–water partition coefficient (Wildman–Crippen LogP) is 3.01. The van der Waals surface area contributed by atoms with Gasteiger partial charge in [-0.1, -0.05) is 37.6 Å². The average Bonchev–Trinajstić information content (AvgIpc) is 1.93. The van der Waals surface area contributed by atoms with Crippen LogP contribution in [0, 0.1) is 19.8 Å². The van der Waals surface area contributed by atoms with Gasteiger partial charge < -0.3 is 6.92 Å². The molecule has 0 spiro atoms. The molecule has 0 heterocycles. The third-order valence-corrected chi connectivity index (χ3v) is 1.83. The fraction of sp³-hybridized carbons (Fsp3) is 0.364. The predicted molar refractivity (Wildman–Crippen MR) is 49.4 cm³/mol. The zero-order valence-corrected chi connectivity index (χ0v) is 10.7. The monoisotopic (exact) mass is 236 g/mol. The van der Waals surface area contributed by atoms with Crippen LogP contribution in [0.5, 0.6) is 0 Å². The molecule has 0 aliphatic carbocycles. The molecule has 1 rings (SSSR count). The molecule has 1 aromatic rings. The summed E-state index contributed by atoms with van der Waals surface area (Å²) in [5.74, 6) is 0.510. The van der Waals surface area contributed by atoms with E-state index in [1.807, 2.05) is 0 Å². The van der Waals surface area contributed by atoms with Crippen LogP contribution in [0.25, 0.3) is 0 Å². The van der Waals surface area contributed by atoms with Gasteiger partial charge in [0, 0.05) is 32.7 Å². The van der Waals surface area contributed by atoms with E-state index in [4.69, 9.17) is 0 Å². The smallest absolute Gasteiger partial charge is 0 e. The van der Waals surface area contributed by atoms with Crippen molar-refractivity contribution in [1.29, 1.82) is 0 Å². The molecule has 0 amide bonds. The molecular weight excluding hydrogens is 221 g/mol. The van der Waals surface area contributed by atoms with E-state index < -0.39 is 0 Å². The molecule has 0 aromatic heterocycles. The number of hydrogen-bond acceptors (Lipinski definition) is 0. The van der Waals surface area contributed by atoms with Gasteiger partial charge in [0.1, 0.15) is 0 Å². The van der Waals surface area contributed by atoms with E-state index in [1.165, 1.54) is 11.1 Å². The Hall–Kier alpha value is 0.324. The van der Waals surface area contributed by atoms with Crippen LogP contribution in [0.3, 0.4) is 0 Å². The summed E-state index contributed by atoms with van der Waals surface area (Å²) in [7, 11) is 0. The van der Waals surface area contributed by atoms with Crippen molar-refractivity contribution in [3.05, 3.63) is 42.3 Å². The maximum absolute atomic E-state index is 3.97. The second kappa shape index (κ2) is 5.88. The van der Waals surface area contributed by atoms with Crippen molar-refractivity contribution in [3.8, 4) is 0 Å². The van der Waals surface area contributed by atoms with Crippen molar-refractivity contribution in [2.24, 2.45) is 5.92 Å². The van der Waals surface area contributed by atoms with Crippen molar-refractivity contribution in [1.82, 2.24) is 0 Å². The third kappa shape index (κ3) is 3.82. The summed E-state index contributed by atoms with van der Waals surface area (Å²) in [4.78, 5) is 0. The largest absolute Gasteiger partial charge is 0.340 e. The van der Waals surface area contributed by atoms with Gasteiger partial charge in [-0.15, -0.1) is 0 Å². The Balaban J connectivity index is 0.00000121. The van der Waals surface area contributed by atoms with Crippen LogP contribution < -0.4 is 0 Å². The van der Waals surface area contributed by atoms with Crippen LogP contribution in [0.1, 0.15) is 18.1 Å². The van der Waals surface area contributed by atoms with Gasteiger partial charge in [-0.3, -0.25) is 0 Å². The van der Waals surface area contributed by atoms with Crippen molar-refractivity contribution in [3.63, 3.8) is 0 Å². The summed E-state index contributed by atoms with van der Waals surface area (Å²) in [6.45, 7) is 8.27. The third-order valence-electron chi connectivity index (χ3n) is 1.83. The second-order valence-electron chi connectivity index (χ2n) is 3.24. The zero-order chi connectivity index (χ0) is 8.27. The molecule has 1 unspecified atom stereocenters. The van der Waals surface area contributed by atoms with Crippen LogP contribution in [0.15, 0.2) is 24.3 Å². The summed E-state index contributed by atoms with van der Waals surface area (Å²) in [5, 5.41) is 0. The Morgan fingerprint density at radius 3 is 2.42 bits per heavy atom. The maximum atomic E-state index is 3.97. The Bertz CT molecular complexity index is 228. The molecule has 0 nitrogen and oxygen atoms in total. The van der Waals surface area contributed by atoms with E-state index in [-0.39, 0.29) is 32.7 Å². The van der Waals surface area contributed by atoms with Crippen molar-refractivity contribution < 1.29 is 32.7 Å². The van der Waals surface area contributed by atoms with Crippen LogP contribution in [-0.4, -0.2) is 0 Å². The number of benzene rings is 1. The van der Waals surface area contributed by atoms with Crippen molar-refractivity contribution in [2.45, 2.75) is 20.3 Å². The first kappa shape index (κ1) is 12.3. The number of hydrogen-bond donors (Lipinski definition) is 0. The molecular formula is C11H15Y-. The SMILES string of the molecule is [CH2-]C(C)Cc1ccccc1C.[Y]. The molecule has 0 aliphatic rings. The molecule has 1 atom stereocenters. The van der Waals surface area contributed by atoms with Gasteiger partial charge in [0.15, 0.2) is 0 Å². The summed E-state index contributed by atoms with van der Waals surface area (Å²) < 4.78 is 0. The Morgan fingerprint density at radius 1 is 1.33 bits per heavy atom. The first-order valence-corrected chi connectivity index (χ1v) is 4.07. The molecule has 12 heavy (non-hydrogen) atoms. The molecule has 0 saturated carbocycles. The van der Waals surface area contributed by atoms with Crippen LogP contribution in [0.4, 0.5) is 0 Å². The maximum Gasteiger partial charge on any atom is 0 e. The van der Waals surface area contributed by atoms with Crippen molar-refractivity contribution in [2.75, 3.05) is 0 Å². The molecule has 0 saturated heterocycles. The summed E-state index contributed by atoms with van der Waals surface area (Å²) in [5.41, 5.74) is 2.80. The van der Waals surface area contributed by atoms with Gasteiger partial charge >= 0.3 is 0 Å². The van der Waals surface area contributed by atoms with Crippen molar-refractivity contribution >= 4 is 0 Å². The second-order valence-corrected chi connectivity index (χ2v) is 3.24. The summed E-state index contributed by atoms with van der Waals surface area (Å²) >= 11 is 0. The Kier molecular flexibility index (Phi) is 6.04. The van der Waals surface area contributed by atoms with E-state index in [2.05, 4.69) is 45.0 Å². The molecule has 0 fully saturated rings. The molecule has 0 aliphatic heterocycles. The fourth-order valence-electron chi connectivity index (χ4n) is 1.21. The Labute approximate surface area is 101 Å².